The molecule has 2 aromatic rings. The normalized spacial score (nSPS) is 7.93. The van der Waals surface area contributed by atoms with Crippen LogP contribution in [0, 0.1) is 0 Å². The quantitative estimate of drug-likeness (QED) is 0.578. The number of hydrogen-bond donors (Lipinski definition) is 2. The zero-order valence-corrected chi connectivity index (χ0v) is 10.5. The highest BCUT2D eigenvalue weighted by Gasteiger charge is 1.75. The van der Waals surface area contributed by atoms with Gasteiger partial charge in [0.05, 0.1) is 0 Å². The molecule has 82 valence electrons. The van der Waals surface area contributed by atoms with E-state index in [1.54, 1.807) is 12.4 Å². The first-order valence-corrected chi connectivity index (χ1v) is 6.19. The molecule has 0 atom stereocenters. The maximum atomic E-state index is 3.78. The molecule has 0 spiro atoms. The van der Waals surface area contributed by atoms with Crippen molar-refractivity contribution < 1.29 is 0 Å². The van der Waals surface area contributed by atoms with Gasteiger partial charge in [-0.25, -0.2) is 0 Å². The molecular weight excluding hydrogens is 224 g/mol. The molecule has 2 rings (SSSR count). The number of pyridine rings is 1. The van der Waals surface area contributed by atoms with Gasteiger partial charge in [-0.2, -0.15) is 0 Å². The van der Waals surface area contributed by atoms with Crippen molar-refractivity contribution in [2.75, 3.05) is 0 Å². The molecule has 2 heterocycles. The van der Waals surface area contributed by atoms with Crippen molar-refractivity contribution in [1.82, 2.24) is 9.55 Å². The number of thiol groups is 2. The minimum absolute atomic E-state index is 1.08. The number of aryl methyl sites for hydroxylation is 1. The fourth-order valence-corrected chi connectivity index (χ4v) is 0.894. The molecule has 0 unspecified atom stereocenters. The molecule has 0 aliphatic carbocycles. The van der Waals surface area contributed by atoms with Crippen molar-refractivity contribution in [2.24, 2.45) is 0 Å². The third kappa shape index (κ3) is 8.15. The van der Waals surface area contributed by atoms with Crippen molar-refractivity contribution in [3.63, 3.8) is 0 Å². The summed E-state index contributed by atoms with van der Waals surface area (Å²) in [6, 6.07) is 9.78. The van der Waals surface area contributed by atoms with E-state index in [0.717, 1.165) is 6.54 Å². The van der Waals surface area contributed by atoms with Gasteiger partial charge in [0.25, 0.3) is 0 Å². The molecule has 0 amide bonds. The van der Waals surface area contributed by atoms with Crippen molar-refractivity contribution in [1.29, 1.82) is 0 Å². The Balaban J connectivity index is 0.000000227. The molecular formula is C11H16N2S2. The molecule has 0 N–H and O–H groups in total. The molecule has 15 heavy (non-hydrogen) atoms. The van der Waals surface area contributed by atoms with Gasteiger partial charge in [0.1, 0.15) is 0 Å². The van der Waals surface area contributed by atoms with Crippen LogP contribution in [0.25, 0.3) is 0 Å². The van der Waals surface area contributed by atoms with Gasteiger partial charge in [-0.3, -0.25) is 4.98 Å². The van der Waals surface area contributed by atoms with Crippen LogP contribution in [-0.2, 0) is 6.54 Å². The second-order valence-corrected chi connectivity index (χ2v) is 2.54. The molecule has 0 saturated heterocycles. The van der Waals surface area contributed by atoms with Crippen LogP contribution in [-0.4, -0.2) is 9.55 Å². The highest BCUT2D eigenvalue weighted by molar-refractivity contribution is 8.59. The Morgan fingerprint density at radius 1 is 0.933 bits per heavy atom. The highest BCUT2D eigenvalue weighted by Crippen LogP contribution is 1.86. The van der Waals surface area contributed by atoms with Gasteiger partial charge in [-0.15, -0.1) is 23.3 Å². The SMILES string of the molecule is CCn1cccc1.SS.c1ccncc1. The van der Waals surface area contributed by atoms with Crippen LogP contribution < -0.4 is 0 Å². The van der Waals surface area contributed by atoms with Gasteiger partial charge in [-0.1, -0.05) is 6.07 Å². The van der Waals surface area contributed by atoms with Gasteiger partial charge >= 0.3 is 0 Å². The summed E-state index contributed by atoms with van der Waals surface area (Å²) in [4.78, 5) is 3.78. The second kappa shape index (κ2) is 11.2. The van der Waals surface area contributed by atoms with Crippen LogP contribution in [0.3, 0.4) is 0 Å². The van der Waals surface area contributed by atoms with E-state index >= 15 is 0 Å². The molecule has 0 bridgehead atoms. The number of rotatable bonds is 1. The summed E-state index contributed by atoms with van der Waals surface area (Å²) in [7, 11) is 0. The Labute approximate surface area is 102 Å². The molecule has 0 fully saturated rings. The summed E-state index contributed by atoms with van der Waals surface area (Å²) >= 11 is 6.44. The summed E-state index contributed by atoms with van der Waals surface area (Å²) < 4.78 is 2.12. The van der Waals surface area contributed by atoms with Crippen LogP contribution >= 0.6 is 23.3 Å². The first kappa shape index (κ1) is 14.1. The molecule has 0 saturated carbocycles. The predicted octanol–water partition coefficient (Wildman–Crippen LogP) is 3.35. The topological polar surface area (TPSA) is 17.8 Å². The lowest BCUT2D eigenvalue weighted by Crippen LogP contribution is -1.85. The second-order valence-electron chi connectivity index (χ2n) is 2.54. The van der Waals surface area contributed by atoms with Gasteiger partial charge < -0.3 is 4.57 Å². The average molecular weight is 240 g/mol. The molecule has 0 aliphatic rings. The van der Waals surface area contributed by atoms with E-state index in [-0.39, 0.29) is 0 Å². The third-order valence-electron chi connectivity index (χ3n) is 1.60. The number of nitrogens with zero attached hydrogens (tertiary/aromatic N) is 2. The van der Waals surface area contributed by atoms with Crippen LogP contribution in [0.4, 0.5) is 0 Å². The summed E-state index contributed by atoms with van der Waals surface area (Å²) in [6.07, 6.45) is 7.61. The van der Waals surface area contributed by atoms with E-state index in [1.165, 1.54) is 0 Å². The van der Waals surface area contributed by atoms with E-state index in [2.05, 4.69) is 52.2 Å². The summed E-state index contributed by atoms with van der Waals surface area (Å²) in [5.41, 5.74) is 0. The number of hydrogen-bond acceptors (Lipinski definition) is 3. The Morgan fingerprint density at radius 3 is 1.67 bits per heavy atom. The Kier molecular flexibility index (Phi) is 10.6. The van der Waals surface area contributed by atoms with E-state index in [4.69, 9.17) is 0 Å². The van der Waals surface area contributed by atoms with Crippen molar-refractivity contribution >= 4 is 23.3 Å². The zero-order chi connectivity index (χ0) is 11.4. The lowest BCUT2D eigenvalue weighted by Gasteiger charge is -1.89. The zero-order valence-electron chi connectivity index (χ0n) is 8.69. The molecule has 2 nitrogen and oxygen atoms in total. The van der Waals surface area contributed by atoms with Crippen LogP contribution in [0.5, 0.6) is 0 Å². The molecule has 0 radical (unpaired) electrons. The van der Waals surface area contributed by atoms with E-state index < -0.39 is 0 Å². The smallest absolute Gasteiger partial charge is 0.0267 e. The Bertz CT molecular complexity index is 269. The standard InChI is InChI=1S/C6H9N.C5H5N.H2S2/c1-2-7-5-3-4-6-7;1-2-4-6-5-3-1;1-2/h3-6H,2H2,1H3;1-5H;1-2H. The fraction of sp³-hybridized carbons (Fsp3) is 0.182. The largest absolute Gasteiger partial charge is 0.355 e. The van der Waals surface area contributed by atoms with Crippen molar-refractivity contribution in [3.8, 4) is 0 Å². The maximum absolute atomic E-state index is 3.78. The van der Waals surface area contributed by atoms with Crippen molar-refractivity contribution in [3.05, 3.63) is 55.1 Å². The van der Waals surface area contributed by atoms with E-state index in [9.17, 15) is 0 Å². The first-order chi connectivity index (χ1) is 7.43. The Hall–Kier alpha value is -0.870. The van der Waals surface area contributed by atoms with Crippen LogP contribution in [0.2, 0.25) is 0 Å². The lowest BCUT2D eigenvalue weighted by atomic mass is 10.5. The number of aromatic nitrogens is 2. The van der Waals surface area contributed by atoms with Gasteiger partial charge in [-0.05, 0) is 31.2 Å². The van der Waals surface area contributed by atoms with Gasteiger partial charge in [0.15, 0.2) is 0 Å². The van der Waals surface area contributed by atoms with Crippen LogP contribution in [0.15, 0.2) is 55.1 Å². The first-order valence-electron chi connectivity index (χ1n) is 4.59. The van der Waals surface area contributed by atoms with Gasteiger partial charge in [0.2, 0.25) is 0 Å². The molecule has 2 aromatic heterocycles. The van der Waals surface area contributed by atoms with Crippen LogP contribution in [0.1, 0.15) is 6.92 Å². The lowest BCUT2D eigenvalue weighted by molar-refractivity contribution is 0.769. The fourth-order valence-electron chi connectivity index (χ4n) is 0.894. The average Bonchev–Trinajstić information content (AvgIpc) is 2.88. The summed E-state index contributed by atoms with van der Waals surface area (Å²) in [6.45, 7) is 3.20. The Morgan fingerprint density at radius 2 is 1.47 bits per heavy atom. The van der Waals surface area contributed by atoms with Crippen molar-refractivity contribution in [2.45, 2.75) is 13.5 Å². The summed E-state index contributed by atoms with van der Waals surface area (Å²) in [5.74, 6) is 0. The third-order valence-corrected chi connectivity index (χ3v) is 1.60. The van der Waals surface area contributed by atoms with E-state index in [0.29, 0.717) is 0 Å². The molecule has 4 heteroatoms. The molecule has 0 aliphatic heterocycles. The minimum atomic E-state index is 1.08. The molecule has 0 aromatic carbocycles. The monoisotopic (exact) mass is 240 g/mol. The summed E-state index contributed by atoms with van der Waals surface area (Å²) in [5, 5.41) is 0. The maximum Gasteiger partial charge on any atom is 0.0267 e. The highest BCUT2D eigenvalue weighted by atomic mass is 33.1. The minimum Gasteiger partial charge on any atom is -0.355 e. The van der Waals surface area contributed by atoms with E-state index in [1.807, 2.05) is 30.3 Å². The van der Waals surface area contributed by atoms with Gasteiger partial charge in [0, 0.05) is 31.3 Å². The predicted molar refractivity (Wildman–Crippen MR) is 72.3 cm³/mol.